The molecule has 15 heavy (non-hydrogen) atoms. The number of aromatic amines is 1. The van der Waals surface area contributed by atoms with Crippen molar-refractivity contribution in [1.29, 1.82) is 0 Å². The van der Waals surface area contributed by atoms with Crippen LogP contribution in [0, 0.1) is 0 Å². The number of hydrogen-bond acceptors (Lipinski definition) is 4. The molecule has 0 radical (unpaired) electrons. The van der Waals surface area contributed by atoms with Crippen molar-refractivity contribution in [2.45, 2.75) is 20.4 Å². The number of aromatic nitrogens is 5. The molecule has 0 bridgehead atoms. The van der Waals surface area contributed by atoms with E-state index in [1.165, 1.54) is 0 Å². The standard InChI is InChI=1S/C9H14N6/c1-3-10-9-14-13-8(15(9)4-2)7-5-6-11-12-7/h5-6H,3-4H2,1-2H3,(H,10,14)(H,11,12). The third-order valence-electron chi connectivity index (χ3n) is 2.14. The Morgan fingerprint density at radius 3 is 2.87 bits per heavy atom. The molecular formula is C9H14N6. The molecule has 6 nitrogen and oxygen atoms in total. The van der Waals surface area contributed by atoms with Crippen LogP contribution >= 0.6 is 0 Å². The van der Waals surface area contributed by atoms with Crippen LogP contribution in [-0.4, -0.2) is 31.5 Å². The van der Waals surface area contributed by atoms with Gasteiger partial charge in [-0.1, -0.05) is 0 Å². The Morgan fingerprint density at radius 2 is 2.27 bits per heavy atom. The van der Waals surface area contributed by atoms with Crippen molar-refractivity contribution in [1.82, 2.24) is 25.0 Å². The largest absolute Gasteiger partial charge is 0.355 e. The van der Waals surface area contributed by atoms with E-state index in [0.29, 0.717) is 0 Å². The van der Waals surface area contributed by atoms with Crippen LogP contribution < -0.4 is 5.32 Å². The minimum atomic E-state index is 0.796. The Hall–Kier alpha value is -1.85. The average molecular weight is 206 g/mol. The minimum Gasteiger partial charge on any atom is -0.355 e. The molecule has 2 heterocycles. The van der Waals surface area contributed by atoms with E-state index in [9.17, 15) is 0 Å². The Balaban J connectivity index is 2.40. The first kappa shape index (κ1) is 9.70. The molecule has 2 aromatic rings. The third-order valence-corrected chi connectivity index (χ3v) is 2.14. The van der Waals surface area contributed by atoms with Crippen LogP contribution in [0.4, 0.5) is 5.95 Å². The number of anilines is 1. The lowest BCUT2D eigenvalue weighted by atomic mass is 10.4. The van der Waals surface area contributed by atoms with Crippen LogP contribution in [0.3, 0.4) is 0 Å². The highest BCUT2D eigenvalue weighted by atomic mass is 15.4. The van der Waals surface area contributed by atoms with E-state index in [-0.39, 0.29) is 0 Å². The maximum atomic E-state index is 4.13. The van der Waals surface area contributed by atoms with E-state index in [0.717, 1.165) is 30.6 Å². The molecule has 80 valence electrons. The van der Waals surface area contributed by atoms with Gasteiger partial charge in [0.05, 0.1) is 0 Å². The molecule has 0 aliphatic heterocycles. The van der Waals surface area contributed by atoms with Crippen molar-refractivity contribution in [3.63, 3.8) is 0 Å². The van der Waals surface area contributed by atoms with Crippen LogP contribution in [0.5, 0.6) is 0 Å². The summed E-state index contributed by atoms with van der Waals surface area (Å²) < 4.78 is 2.01. The van der Waals surface area contributed by atoms with Gasteiger partial charge in [0.15, 0.2) is 5.82 Å². The molecule has 0 fully saturated rings. The van der Waals surface area contributed by atoms with Crippen molar-refractivity contribution in [3.8, 4) is 11.5 Å². The second kappa shape index (κ2) is 4.12. The molecule has 0 aliphatic rings. The zero-order valence-corrected chi connectivity index (χ0v) is 8.86. The predicted molar refractivity (Wildman–Crippen MR) is 57.4 cm³/mol. The average Bonchev–Trinajstić information content (AvgIpc) is 2.85. The van der Waals surface area contributed by atoms with Crippen LogP contribution in [0.2, 0.25) is 0 Å². The van der Waals surface area contributed by atoms with Gasteiger partial charge in [0.25, 0.3) is 0 Å². The summed E-state index contributed by atoms with van der Waals surface area (Å²) in [4.78, 5) is 0. The molecule has 2 N–H and O–H groups in total. The number of nitrogens with zero attached hydrogens (tertiary/aromatic N) is 4. The number of hydrogen-bond donors (Lipinski definition) is 2. The highest BCUT2D eigenvalue weighted by Gasteiger charge is 2.12. The Labute approximate surface area is 87.7 Å². The summed E-state index contributed by atoms with van der Waals surface area (Å²) in [6.07, 6.45) is 1.71. The molecular weight excluding hydrogens is 192 g/mol. The van der Waals surface area contributed by atoms with Crippen molar-refractivity contribution < 1.29 is 0 Å². The monoisotopic (exact) mass is 206 g/mol. The summed E-state index contributed by atoms with van der Waals surface area (Å²) in [7, 11) is 0. The van der Waals surface area contributed by atoms with Crippen molar-refractivity contribution >= 4 is 5.95 Å². The van der Waals surface area contributed by atoms with Gasteiger partial charge in [-0.25, -0.2) is 0 Å². The maximum absolute atomic E-state index is 4.13. The second-order valence-corrected chi connectivity index (χ2v) is 3.09. The summed E-state index contributed by atoms with van der Waals surface area (Å²) in [5.74, 6) is 1.61. The zero-order valence-electron chi connectivity index (χ0n) is 8.86. The SMILES string of the molecule is CCNc1nnc(-c2ccn[nH]2)n1CC. The Bertz CT molecular complexity index is 416. The van der Waals surface area contributed by atoms with Crippen LogP contribution in [0.15, 0.2) is 12.3 Å². The van der Waals surface area contributed by atoms with Gasteiger partial charge in [-0.2, -0.15) is 5.10 Å². The predicted octanol–water partition coefficient (Wildman–Crippen LogP) is 1.12. The molecule has 2 rings (SSSR count). The van der Waals surface area contributed by atoms with Gasteiger partial charge in [0.2, 0.25) is 5.95 Å². The molecule has 0 saturated heterocycles. The van der Waals surface area contributed by atoms with E-state index in [1.54, 1.807) is 6.20 Å². The fraction of sp³-hybridized carbons (Fsp3) is 0.444. The first-order valence-electron chi connectivity index (χ1n) is 5.03. The van der Waals surface area contributed by atoms with Gasteiger partial charge in [-0.15, -0.1) is 10.2 Å². The summed E-state index contributed by atoms with van der Waals surface area (Å²) >= 11 is 0. The molecule has 0 unspecified atom stereocenters. The molecule has 0 spiro atoms. The van der Waals surface area contributed by atoms with Gasteiger partial charge in [0, 0.05) is 19.3 Å². The summed E-state index contributed by atoms with van der Waals surface area (Å²) in [6.45, 7) is 5.75. The molecule has 0 aromatic carbocycles. The fourth-order valence-corrected chi connectivity index (χ4v) is 1.47. The highest BCUT2D eigenvalue weighted by molar-refractivity contribution is 5.51. The van der Waals surface area contributed by atoms with Crippen LogP contribution in [-0.2, 0) is 6.54 Å². The zero-order chi connectivity index (χ0) is 10.7. The Kier molecular flexibility index (Phi) is 2.66. The Morgan fingerprint density at radius 1 is 1.40 bits per heavy atom. The van der Waals surface area contributed by atoms with Gasteiger partial charge < -0.3 is 5.32 Å². The maximum Gasteiger partial charge on any atom is 0.224 e. The lowest BCUT2D eigenvalue weighted by Crippen LogP contribution is -2.06. The molecule has 0 saturated carbocycles. The molecule has 0 amide bonds. The van der Waals surface area contributed by atoms with Crippen LogP contribution in [0.1, 0.15) is 13.8 Å². The lowest BCUT2D eigenvalue weighted by Gasteiger charge is -2.06. The molecule has 2 aromatic heterocycles. The number of nitrogens with one attached hydrogen (secondary N) is 2. The normalized spacial score (nSPS) is 10.5. The van der Waals surface area contributed by atoms with E-state index in [1.807, 2.05) is 17.6 Å². The van der Waals surface area contributed by atoms with Crippen LogP contribution in [0.25, 0.3) is 11.5 Å². The number of rotatable bonds is 4. The van der Waals surface area contributed by atoms with Crippen molar-refractivity contribution in [2.75, 3.05) is 11.9 Å². The lowest BCUT2D eigenvalue weighted by molar-refractivity contribution is 0.767. The van der Waals surface area contributed by atoms with Gasteiger partial charge in [-0.05, 0) is 19.9 Å². The molecule has 0 atom stereocenters. The third kappa shape index (κ3) is 1.70. The van der Waals surface area contributed by atoms with Crippen molar-refractivity contribution in [3.05, 3.63) is 12.3 Å². The van der Waals surface area contributed by atoms with E-state index in [4.69, 9.17) is 0 Å². The summed E-state index contributed by atoms with van der Waals surface area (Å²) in [5.41, 5.74) is 0.883. The quantitative estimate of drug-likeness (QED) is 0.786. The summed E-state index contributed by atoms with van der Waals surface area (Å²) in [5, 5.41) is 18.2. The molecule has 0 aliphatic carbocycles. The molecule has 6 heteroatoms. The topological polar surface area (TPSA) is 71.4 Å². The van der Waals surface area contributed by atoms with E-state index < -0.39 is 0 Å². The fourth-order valence-electron chi connectivity index (χ4n) is 1.47. The first-order valence-corrected chi connectivity index (χ1v) is 5.03. The van der Waals surface area contributed by atoms with E-state index >= 15 is 0 Å². The summed E-state index contributed by atoms with van der Waals surface area (Å²) in [6, 6.07) is 1.88. The number of H-pyrrole nitrogens is 1. The van der Waals surface area contributed by atoms with Gasteiger partial charge in [-0.3, -0.25) is 9.67 Å². The van der Waals surface area contributed by atoms with Gasteiger partial charge in [0.1, 0.15) is 5.69 Å². The smallest absolute Gasteiger partial charge is 0.224 e. The second-order valence-electron chi connectivity index (χ2n) is 3.09. The van der Waals surface area contributed by atoms with Gasteiger partial charge >= 0.3 is 0 Å². The van der Waals surface area contributed by atoms with E-state index in [2.05, 4.69) is 32.6 Å². The first-order chi connectivity index (χ1) is 7.36. The van der Waals surface area contributed by atoms with Crippen molar-refractivity contribution in [2.24, 2.45) is 0 Å². The highest BCUT2D eigenvalue weighted by Crippen LogP contribution is 2.17. The minimum absolute atomic E-state index is 0.796.